The maximum absolute atomic E-state index is 10.4. The SMILES string of the molecule is ON1Cc2ccc3ccccc3c2-c2c(ccc3ccccc23)C1. The third-order valence-corrected chi connectivity index (χ3v) is 4.99. The number of rotatable bonds is 0. The minimum absolute atomic E-state index is 0.545. The fourth-order valence-corrected chi connectivity index (χ4v) is 3.94. The maximum Gasteiger partial charge on any atom is 0.0498 e. The highest BCUT2D eigenvalue weighted by Crippen LogP contribution is 2.41. The van der Waals surface area contributed by atoms with Gasteiger partial charge in [-0.25, -0.2) is 0 Å². The summed E-state index contributed by atoms with van der Waals surface area (Å²) in [5.74, 6) is 0. The molecule has 0 aliphatic carbocycles. The van der Waals surface area contributed by atoms with Crippen LogP contribution in [0.25, 0.3) is 32.7 Å². The van der Waals surface area contributed by atoms with Gasteiger partial charge in [0.1, 0.15) is 0 Å². The topological polar surface area (TPSA) is 23.5 Å². The molecule has 116 valence electrons. The third-order valence-electron chi connectivity index (χ3n) is 4.99. The van der Waals surface area contributed by atoms with Gasteiger partial charge in [0.05, 0.1) is 0 Å². The minimum Gasteiger partial charge on any atom is -0.313 e. The van der Waals surface area contributed by atoms with E-state index in [1.54, 1.807) is 0 Å². The zero-order valence-corrected chi connectivity index (χ0v) is 13.2. The van der Waals surface area contributed by atoms with Crippen LogP contribution in [0.1, 0.15) is 11.1 Å². The van der Waals surface area contributed by atoms with Crippen LogP contribution in [0.4, 0.5) is 0 Å². The van der Waals surface area contributed by atoms with Crippen LogP contribution in [-0.2, 0) is 13.1 Å². The van der Waals surface area contributed by atoms with Crippen LogP contribution < -0.4 is 0 Å². The first kappa shape index (κ1) is 13.7. The van der Waals surface area contributed by atoms with E-state index in [0.29, 0.717) is 13.1 Å². The molecule has 4 aromatic rings. The number of hydrogen-bond donors (Lipinski definition) is 1. The molecule has 1 heterocycles. The van der Waals surface area contributed by atoms with Crippen LogP contribution in [0.2, 0.25) is 0 Å². The summed E-state index contributed by atoms with van der Waals surface area (Å²) in [6.45, 7) is 1.09. The van der Waals surface area contributed by atoms with Crippen molar-refractivity contribution < 1.29 is 5.21 Å². The lowest BCUT2D eigenvalue weighted by molar-refractivity contribution is -0.107. The summed E-state index contributed by atoms with van der Waals surface area (Å²) in [5, 5.41) is 16.8. The van der Waals surface area contributed by atoms with Crippen LogP contribution in [-0.4, -0.2) is 10.3 Å². The quantitative estimate of drug-likeness (QED) is 0.472. The molecule has 0 radical (unpaired) electrons. The van der Waals surface area contributed by atoms with Crippen molar-refractivity contribution in [3.8, 4) is 11.1 Å². The van der Waals surface area contributed by atoms with Gasteiger partial charge in [-0.1, -0.05) is 72.8 Å². The molecule has 2 nitrogen and oxygen atoms in total. The second-order valence-corrected chi connectivity index (χ2v) is 6.46. The van der Waals surface area contributed by atoms with Crippen molar-refractivity contribution >= 4 is 21.5 Å². The Hall–Kier alpha value is -2.68. The first-order valence-electron chi connectivity index (χ1n) is 8.27. The van der Waals surface area contributed by atoms with E-state index in [1.165, 1.54) is 48.9 Å². The molecule has 0 fully saturated rings. The molecule has 0 spiro atoms. The molecule has 1 aliphatic rings. The van der Waals surface area contributed by atoms with Gasteiger partial charge in [0, 0.05) is 13.1 Å². The molecule has 5 rings (SSSR count). The van der Waals surface area contributed by atoms with E-state index in [1.807, 2.05) is 0 Å². The van der Waals surface area contributed by atoms with Crippen molar-refractivity contribution in [1.29, 1.82) is 0 Å². The summed E-state index contributed by atoms with van der Waals surface area (Å²) in [7, 11) is 0. The summed E-state index contributed by atoms with van der Waals surface area (Å²) in [6, 6.07) is 25.6. The van der Waals surface area contributed by atoms with Crippen LogP contribution in [0.3, 0.4) is 0 Å². The highest BCUT2D eigenvalue weighted by atomic mass is 16.5. The fraction of sp³-hybridized carbons (Fsp3) is 0.0909. The van der Waals surface area contributed by atoms with E-state index in [-0.39, 0.29) is 0 Å². The molecule has 0 amide bonds. The lowest BCUT2D eigenvalue weighted by Crippen LogP contribution is -2.16. The molecule has 0 atom stereocenters. The number of hydroxylamine groups is 2. The summed E-state index contributed by atoms with van der Waals surface area (Å²) in [6.07, 6.45) is 0. The highest BCUT2D eigenvalue weighted by Gasteiger charge is 2.22. The summed E-state index contributed by atoms with van der Waals surface area (Å²) in [5.41, 5.74) is 4.87. The number of hydrogen-bond acceptors (Lipinski definition) is 2. The lowest BCUT2D eigenvalue weighted by atomic mass is 9.88. The Bertz CT molecular complexity index is 996. The Kier molecular flexibility index (Phi) is 2.96. The molecule has 0 unspecified atom stereocenters. The monoisotopic (exact) mass is 311 g/mol. The van der Waals surface area contributed by atoms with Gasteiger partial charge >= 0.3 is 0 Å². The molecule has 24 heavy (non-hydrogen) atoms. The summed E-state index contributed by atoms with van der Waals surface area (Å²) in [4.78, 5) is 0. The van der Waals surface area contributed by atoms with E-state index in [0.717, 1.165) is 0 Å². The van der Waals surface area contributed by atoms with Gasteiger partial charge in [0.15, 0.2) is 0 Å². The van der Waals surface area contributed by atoms with Crippen LogP contribution in [0.15, 0.2) is 72.8 Å². The van der Waals surface area contributed by atoms with Crippen molar-refractivity contribution in [2.75, 3.05) is 0 Å². The maximum atomic E-state index is 10.4. The number of nitrogens with zero attached hydrogens (tertiary/aromatic N) is 1. The normalized spacial score (nSPS) is 14.4. The second-order valence-electron chi connectivity index (χ2n) is 6.46. The predicted molar refractivity (Wildman–Crippen MR) is 97.9 cm³/mol. The highest BCUT2D eigenvalue weighted by molar-refractivity contribution is 6.07. The van der Waals surface area contributed by atoms with E-state index in [4.69, 9.17) is 0 Å². The first-order chi connectivity index (χ1) is 11.8. The average molecular weight is 311 g/mol. The summed E-state index contributed by atoms with van der Waals surface area (Å²) >= 11 is 0. The lowest BCUT2D eigenvalue weighted by Gasteiger charge is -2.15. The zero-order valence-electron chi connectivity index (χ0n) is 13.2. The molecular weight excluding hydrogens is 294 g/mol. The van der Waals surface area contributed by atoms with Crippen molar-refractivity contribution in [1.82, 2.24) is 5.06 Å². The number of fused-ring (bicyclic) bond motifs is 7. The molecule has 0 saturated carbocycles. The Morgan fingerprint density at radius 1 is 0.583 bits per heavy atom. The van der Waals surface area contributed by atoms with Crippen molar-refractivity contribution in [3.05, 3.63) is 83.9 Å². The smallest absolute Gasteiger partial charge is 0.0498 e. The Labute approximate surface area is 140 Å². The van der Waals surface area contributed by atoms with Crippen molar-refractivity contribution in [3.63, 3.8) is 0 Å². The second kappa shape index (κ2) is 5.17. The largest absolute Gasteiger partial charge is 0.313 e. The van der Waals surface area contributed by atoms with Gasteiger partial charge in [-0.3, -0.25) is 0 Å². The van der Waals surface area contributed by atoms with Crippen LogP contribution >= 0.6 is 0 Å². The van der Waals surface area contributed by atoms with Crippen LogP contribution in [0, 0.1) is 0 Å². The fourth-order valence-electron chi connectivity index (χ4n) is 3.94. The third kappa shape index (κ3) is 1.97. The number of benzene rings is 4. The molecular formula is C22H17NO. The molecule has 1 aliphatic heterocycles. The van der Waals surface area contributed by atoms with Gasteiger partial charge in [-0.2, -0.15) is 5.06 Å². The van der Waals surface area contributed by atoms with Gasteiger partial charge in [-0.15, -0.1) is 0 Å². The van der Waals surface area contributed by atoms with Gasteiger partial charge in [0.25, 0.3) is 0 Å². The predicted octanol–water partition coefficient (Wildman–Crippen LogP) is 5.36. The van der Waals surface area contributed by atoms with Gasteiger partial charge < -0.3 is 5.21 Å². The molecule has 0 aromatic heterocycles. The van der Waals surface area contributed by atoms with E-state index < -0.39 is 0 Å². The van der Waals surface area contributed by atoms with Gasteiger partial charge in [0.2, 0.25) is 0 Å². The average Bonchev–Trinajstić information content (AvgIpc) is 2.77. The minimum atomic E-state index is 0.545. The van der Waals surface area contributed by atoms with Crippen LogP contribution in [0.5, 0.6) is 0 Å². The van der Waals surface area contributed by atoms with Crippen molar-refractivity contribution in [2.45, 2.75) is 13.1 Å². The van der Waals surface area contributed by atoms with E-state index >= 15 is 0 Å². The van der Waals surface area contributed by atoms with Gasteiger partial charge in [-0.05, 0) is 43.8 Å². The molecule has 2 heteroatoms. The Morgan fingerprint density at radius 3 is 1.54 bits per heavy atom. The van der Waals surface area contributed by atoms with E-state index in [2.05, 4.69) is 72.8 Å². The molecule has 0 bridgehead atoms. The Balaban J connectivity index is 2.00. The first-order valence-corrected chi connectivity index (χ1v) is 8.27. The Morgan fingerprint density at radius 2 is 1.04 bits per heavy atom. The standard InChI is InChI=1S/C22H17NO/c24-23-13-17-11-9-15-5-1-3-7-19(15)21(17)22-18(14-23)12-10-16-6-2-4-8-20(16)22/h1-12,24H,13-14H2. The van der Waals surface area contributed by atoms with Crippen molar-refractivity contribution in [2.24, 2.45) is 0 Å². The molecule has 1 N–H and O–H groups in total. The molecule has 4 aromatic carbocycles. The zero-order chi connectivity index (χ0) is 16.1. The molecule has 0 saturated heterocycles. The van der Waals surface area contributed by atoms with E-state index in [9.17, 15) is 5.21 Å². The summed E-state index contributed by atoms with van der Waals surface area (Å²) < 4.78 is 0.